The average Bonchev–Trinajstić information content (AvgIpc) is 2.83. The molecule has 118 valence electrons. The maximum absolute atomic E-state index is 12.0. The van der Waals surface area contributed by atoms with E-state index in [9.17, 15) is 13.2 Å². The molecule has 1 N–H and O–H groups in total. The largest absolute Gasteiger partial charge is 0.338 e. The summed E-state index contributed by atoms with van der Waals surface area (Å²) in [6.45, 7) is 3.52. The number of amides is 1. The molecule has 1 aromatic carbocycles. The molecule has 1 atom stereocenters. The van der Waals surface area contributed by atoms with Crippen LogP contribution in [0.2, 0.25) is 0 Å². The minimum absolute atomic E-state index is 0.215. The number of rotatable bonds is 5. The topological polar surface area (TPSA) is 89.3 Å². The number of carbonyl (C=O) groups is 1. The molecule has 0 aliphatic heterocycles. The van der Waals surface area contributed by atoms with Crippen molar-refractivity contribution in [2.75, 3.05) is 11.6 Å². The van der Waals surface area contributed by atoms with E-state index in [1.54, 1.807) is 32.0 Å². The molecule has 6 nitrogen and oxygen atoms in total. The minimum atomic E-state index is -3.21. The highest BCUT2D eigenvalue weighted by atomic mass is 32.2. The van der Waals surface area contributed by atoms with E-state index >= 15 is 0 Å². The summed E-state index contributed by atoms with van der Waals surface area (Å²) in [4.78, 5) is 13.1. The number of benzene rings is 1. The zero-order chi connectivity index (χ0) is 16.3. The highest BCUT2D eigenvalue weighted by Crippen LogP contribution is 2.25. The van der Waals surface area contributed by atoms with Crippen LogP contribution in [0.5, 0.6) is 0 Å². The van der Waals surface area contributed by atoms with Crippen LogP contribution in [0.25, 0.3) is 0 Å². The second kappa shape index (κ2) is 6.53. The van der Waals surface area contributed by atoms with Gasteiger partial charge in [-0.15, -0.1) is 11.8 Å². The molecule has 0 saturated heterocycles. The van der Waals surface area contributed by atoms with Crippen molar-refractivity contribution in [2.24, 2.45) is 0 Å². The summed E-state index contributed by atoms with van der Waals surface area (Å²) in [5, 5.41) is 5.96. The van der Waals surface area contributed by atoms with E-state index in [-0.39, 0.29) is 16.1 Å². The molecule has 0 bridgehead atoms. The van der Waals surface area contributed by atoms with E-state index in [1.165, 1.54) is 23.9 Å². The Morgan fingerprint density at radius 2 is 1.95 bits per heavy atom. The summed E-state index contributed by atoms with van der Waals surface area (Å²) in [7, 11) is -3.21. The van der Waals surface area contributed by atoms with Crippen LogP contribution in [-0.4, -0.2) is 31.0 Å². The lowest BCUT2D eigenvalue weighted by molar-refractivity contribution is -0.115. The summed E-state index contributed by atoms with van der Waals surface area (Å²) in [5.41, 5.74) is 0.687. The number of hydrogen-bond donors (Lipinski definition) is 1. The van der Waals surface area contributed by atoms with E-state index in [4.69, 9.17) is 4.52 Å². The zero-order valence-electron chi connectivity index (χ0n) is 12.4. The Hall–Kier alpha value is -1.80. The normalized spacial score (nSPS) is 12.9. The van der Waals surface area contributed by atoms with Crippen LogP contribution in [0.1, 0.15) is 12.6 Å². The summed E-state index contributed by atoms with van der Waals surface area (Å²) >= 11 is 1.33. The number of nitrogens with zero attached hydrogens (tertiary/aromatic N) is 1. The van der Waals surface area contributed by atoms with E-state index in [2.05, 4.69) is 10.5 Å². The number of aromatic nitrogens is 1. The van der Waals surface area contributed by atoms with Gasteiger partial charge in [-0.1, -0.05) is 5.16 Å². The summed E-state index contributed by atoms with van der Waals surface area (Å²) in [5.74, 6) is 0.0933. The Labute approximate surface area is 133 Å². The Balaban J connectivity index is 1.99. The molecular weight excluding hydrogens is 324 g/mol. The summed E-state index contributed by atoms with van der Waals surface area (Å²) in [6, 6.07) is 8.06. The first kappa shape index (κ1) is 16.6. The van der Waals surface area contributed by atoms with Crippen molar-refractivity contribution in [3.63, 3.8) is 0 Å². The molecule has 0 aliphatic carbocycles. The Kier molecular flexibility index (Phi) is 4.92. The van der Waals surface area contributed by atoms with Gasteiger partial charge in [-0.2, -0.15) is 0 Å². The van der Waals surface area contributed by atoms with Gasteiger partial charge in [0.25, 0.3) is 0 Å². The lowest BCUT2D eigenvalue weighted by atomic mass is 10.4. The van der Waals surface area contributed by atoms with Crippen molar-refractivity contribution in [1.29, 1.82) is 0 Å². The third-order valence-corrected chi connectivity index (χ3v) is 5.05. The first-order valence-electron chi connectivity index (χ1n) is 6.46. The van der Waals surface area contributed by atoms with Crippen molar-refractivity contribution in [3.8, 4) is 0 Å². The molecule has 1 aromatic heterocycles. The van der Waals surface area contributed by atoms with Crippen molar-refractivity contribution in [1.82, 2.24) is 5.16 Å². The maximum Gasteiger partial charge on any atom is 0.239 e. The molecule has 0 aliphatic rings. The summed E-state index contributed by atoms with van der Waals surface area (Å²) < 4.78 is 27.7. The third kappa shape index (κ3) is 4.35. The summed E-state index contributed by atoms with van der Waals surface area (Å²) in [6.07, 6.45) is 1.16. The van der Waals surface area contributed by atoms with Gasteiger partial charge >= 0.3 is 0 Å². The maximum atomic E-state index is 12.0. The third-order valence-electron chi connectivity index (χ3n) is 2.81. The second-order valence-electron chi connectivity index (χ2n) is 4.83. The Bertz CT molecular complexity index is 766. The molecule has 0 fully saturated rings. The van der Waals surface area contributed by atoms with Crippen LogP contribution < -0.4 is 5.32 Å². The van der Waals surface area contributed by atoms with Crippen LogP contribution >= 0.6 is 11.8 Å². The number of sulfone groups is 1. The number of carbonyl (C=O) groups excluding carboxylic acids is 1. The Morgan fingerprint density at radius 1 is 1.32 bits per heavy atom. The van der Waals surface area contributed by atoms with Crippen LogP contribution in [0.3, 0.4) is 0 Å². The van der Waals surface area contributed by atoms with Gasteiger partial charge in [0.2, 0.25) is 11.8 Å². The molecular formula is C14H16N2O4S2. The minimum Gasteiger partial charge on any atom is -0.338 e. The first-order chi connectivity index (χ1) is 10.3. The molecule has 2 rings (SSSR count). The van der Waals surface area contributed by atoms with Gasteiger partial charge in [-0.3, -0.25) is 10.1 Å². The SMILES string of the molecule is Cc1cc(NC(=O)C(C)Sc2ccc(S(C)(=O)=O)cc2)on1. The molecule has 0 saturated carbocycles. The van der Waals surface area contributed by atoms with Gasteiger partial charge in [0.1, 0.15) is 0 Å². The number of nitrogens with one attached hydrogen (secondary N) is 1. The first-order valence-corrected chi connectivity index (χ1v) is 9.24. The highest BCUT2D eigenvalue weighted by molar-refractivity contribution is 8.00. The molecule has 0 radical (unpaired) electrons. The van der Waals surface area contributed by atoms with Crippen LogP contribution in [0.4, 0.5) is 5.88 Å². The standard InChI is InChI=1S/C14H16N2O4S2/c1-9-8-13(20-16-9)15-14(17)10(2)21-11-4-6-12(7-5-11)22(3,18)19/h4-8,10H,1-3H3,(H,15,17). The number of hydrogen-bond acceptors (Lipinski definition) is 6. The lowest BCUT2D eigenvalue weighted by Crippen LogP contribution is -2.22. The zero-order valence-corrected chi connectivity index (χ0v) is 14.0. The predicted molar refractivity (Wildman–Crippen MR) is 84.7 cm³/mol. The molecule has 1 amide bonds. The highest BCUT2D eigenvalue weighted by Gasteiger charge is 2.16. The molecule has 1 unspecified atom stereocenters. The van der Waals surface area contributed by atoms with Gasteiger partial charge in [0.15, 0.2) is 9.84 Å². The van der Waals surface area contributed by atoms with Crippen molar-refractivity contribution in [3.05, 3.63) is 36.0 Å². The molecule has 8 heteroatoms. The second-order valence-corrected chi connectivity index (χ2v) is 8.26. The molecule has 0 spiro atoms. The van der Waals surface area contributed by atoms with E-state index < -0.39 is 9.84 Å². The van der Waals surface area contributed by atoms with Crippen LogP contribution in [-0.2, 0) is 14.6 Å². The monoisotopic (exact) mass is 340 g/mol. The van der Waals surface area contributed by atoms with Gasteiger partial charge in [-0.05, 0) is 38.1 Å². The quantitative estimate of drug-likeness (QED) is 0.841. The van der Waals surface area contributed by atoms with Gasteiger partial charge in [0.05, 0.1) is 15.8 Å². The van der Waals surface area contributed by atoms with Crippen molar-refractivity contribution in [2.45, 2.75) is 28.9 Å². The van der Waals surface area contributed by atoms with Gasteiger partial charge < -0.3 is 4.52 Å². The van der Waals surface area contributed by atoms with Crippen molar-refractivity contribution < 1.29 is 17.7 Å². The van der Waals surface area contributed by atoms with Gasteiger partial charge in [0, 0.05) is 17.2 Å². The fourth-order valence-corrected chi connectivity index (χ4v) is 3.17. The fraction of sp³-hybridized carbons (Fsp3) is 0.286. The number of aryl methyl sites for hydroxylation is 1. The van der Waals surface area contributed by atoms with Crippen LogP contribution in [0, 0.1) is 6.92 Å². The van der Waals surface area contributed by atoms with Crippen LogP contribution in [0.15, 0.2) is 44.6 Å². The number of thioether (sulfide) groups is 1. The van der Waals surface area contributed by atoms with Crippen molar-refractivity contribution >= 4 is 33.4 Å². The van der Waals surface area contributed by atoms with E-state index in [0.717, 1.165) is 11.2 Å². The fourth-order valence-electron chi connectivity index (χ4n) is 1.67. The lowest BCUT2D eigenvalue weighted by Gasteiger charge is -2.10. The molecule has 1 heterocycles. The smallest absolute Gasteiger partial charge is 0.239 e. The number of anilines is 1. The van der Waals surface area contributed by atoms with E-state index in [1.807, 2.05) is 0 Å². The molecule has 22 heavy (non-hydrogen) atoms. The molecule has 2 aromatic rings. The van der Waals surface area contributed by atoms with Gasteiger partial charge in [-0.25, -0.2) is 8.42 Å². The predicted octanol–water partition coefficient (Wildman–Crippen LogP) is 2.51. The van der Waals surface area contributed by atoms with E-state index in [0.29, 0.717) is 11.6 Å². The Morgan fingerprint density at radius 3 is 2.45 bits per heavy atom. The average molecular weight is 340 g/mol.